The highest BCUT2D eigenvalue weighted by Gasteiger charge is 2.42. The van der Waals surface area contributed by atoms with Crippen molar-refractivity contribution in [3.8, 4) is 5.75 Å². The lowest BCUT2D eigenvalue weighted by Crippen LogP contribution is -2.38. The Kier molecular flexibility index (Phi) is 6.73. The van der Waals surface area contributed by atoms with Crippen LogP contribution in [0.4, 0.5) is 5.69 Å². The molecule has 0 spiro atoms. The summed E-state index contributed by atoms with van der Waals surface area (Å²) in [5, 5.41) is 3.17. The molecule has 1 saturated carbocycles. The van der Waals surface area contributed by atoms with Crippen LogP contribution in [-0.2, 0) is 10.2 Å². The van der Waals surface area contributed by atoms with Gasteiger partial charge in [0.2, 0.25) is 5.91 Å². The minimum absolute atomic E-state index is 0.114. The molecule has 2 aromatic carbocycles. The topological polar surface area (TPSA) is 41.6 Å². The second kappa shape index (κ2) is 9.65. The maximum atomic E-state index is 13.3. The molecule has 1 amide bonds. The zero-order chi connectivity index (χ0) is 20.8. The van der Waals surface area contributed by atoms with Gasteiger partial charge in [0.15, 0.2) is 0 Å². The van der Waals surface area contributed by atoms with Crippen LogP contribution in [0.3, 0.4) is 0 Å². The summed E-state index contributed by atoms with van der Waals surface area (Å²) in [6.07, 6.45) is 7.76. The maximum Gasteiger partial charge on any atom is 0.235 e. The highest BCUT2D eigenvalue weighted by Crippen LogP contribution is 2.42. The molecule has 0 radical (unpaired) electrons. The van der Waals surface area contributed by atoms with Gasteiger partial charge in [-0.05, 0) is 81.9 Å². The van der Waals surface area contributed by atoms with Crippen molar-refractivity contribution in [1.29, 1.82) is 0 Å². The van der Waals surface area contributed by atoms with Gasteiger partial charge < -0.3 is 15.0 Å². The molecule has 1 N–H and O–H groups in total. The monoisotopic (exact) mass is 406 g/mol. The summed E-state index contributed by atoms with van der Waals surface area (Å²) in [4.78, 5) is 15.8. The Morgan fingerprint density at radius 3 is 2.30 bits per heavy atom. The van der Waals surface area contributed by atoms with Crippen LogP contribution in [0.25, 0.3) is 0 Å². The van der Waals surface area contributed by atoms with Crippen LogP contribution in [0.1, 0.15) is 56.1 Å². The normalized spacial score (nSPS) is 18.4. The quantitative estimate of drug-likeness (QED) is 0.604. The van der Waals surface area contributed by atoms with E-state index < -0.39 is 5.41 Å². The molecule has 0 unspecified atom stereocenters. The number of rotatable bonds is 8. The molecule has 1 saturated heterocycles. The lowest BCUT2D eigenvalue weighted by atomic mass is 9.77. The van der Waals surface area contributed by atoms with Gasteiger partial charge in [0, 0.05) is 12.2 Å². The third-order valence-corrected chi connectivity index (χ3v) is 6.69. The average Bonchev–Trinajstić information content (AvgIpc) is 3.46. The first kappa shape index (κ1) is 20.9. The lowest BCUT2D eigenvalue weighted by molar-refractivity contribution is -0.121. The van der Waals surface area contributed by atoms with Crippen LogP contribution in [-0.4, -0.2) is 37.0 Å². The summed E-state index contributed by atoms with van der Waals surface area (Å²) in [6.45, 7) is 6.41. The first-order valence-corrected chi connectivity index (χ1v) is 11.5. The van der Waals surface area contributed by atoms with Crippen molar-refractivity contribution in [2.45, 2.75) is 57.3 Å². The van der Waals surface area contributed by atoms with E-state index in [1.807, 2.05) is 24.3 Å². The maximum absolute atomic E-state index is 13.3. The van der Waals surface area contributed by atoms with E-state index >= 15 is 0 Å². The third-order valence-electron chi connectivity index (χ3n) is 6.69. The SMILES string of the molecule is Cc1ccc(C2(C(=O)Nc3ccc(OCCCN4CCCC4)cc3)CCCC2)cc1. The summed E-state index contributed by atoms with van der Waals surface area (Å²) < 4.78 is 5.89. The molecule has 160 valence electrons. The fourth-order valence-electron chi connectivity index (χ4n) is 4.87. The fraction of sp³-hybridized carbons (Fsp3) is 0.500. The zero-order valence-electron chi connectivity index (χ0n) is 18.2. The van der Waals surface area contributed by atoms with Gasteiger partial charge in [-0.1, -0.05) is 42.7 Å². The molecule has 4 nitrogen and oxygen atoms in total. The number of hydrogen-bond acceptors (Lipinski definition) is 3. The number of carbonyl (C=O) groups excluding carboxylic acids is 1. The van der Waals surface area contributed by atoms with Crippen LogP contribution >= 0.6 is 0 Å². The molecule has 1 heterocycles. The predicted molar refractivity (Wildman–Crippen MR) is 122 cm³/mol. The molecule has 2 fully saturated rings. The van der Waals surface area contributed by atoms with Crippen molar-refractivity contribution in [1.82, 2.24) is 4.90 Å². The Balaban J connectivity index is 1.32. The fourth-order valence-corrected chi connectivity index (χ4v) is 4.87. The van der Waals surface area contributed by atoms with Gasteiger partial charge in [-0.3, -0.25) is 4.79 Å². The van der Waals surface area contributed by atoms with Crippen LogP contribution in [0.15, 0.2) is 48.5 Å². The summed E-state index contributed by atoms with van der Waals surface area (Å²) in [6, 6.07) is 16.3. The number of aryl methyl sites for hydroxylation is 1. The van der Waals surface area contributed by atoms with Gasteiger partial charge in [-0.25, -0.2) is 0 Å². The molecule has 1 aliphatic carbocycles. The average molecular weight is 407 g/mol. The number of nitrogens with zero attached hydrogens (tertiary/aromatic N) is 1. The second-order valence-corrected chi connectivity index (χ2v) is 8.88. The number of nitrogens with one attached hydrogen (secondary N) is 1. The highest BCUT2D eigenvalue weighted by molar-refractivity contribution is 5.99. The van der Waals surface area contributed by atoms with Gasteiger partial charge in [-0.15, -0.1) is 0 Å². The molecule has 30 heavy (non-hydrogen) atoms. The van der Waals surface area contributed by atoms with E-state index in [-0.39, 0.29) is 5.91 Å². The number of carbonyl (C=O) groups is 1. The number of amides is 1. The van der Waals surface area contributed by atoms with Gasteiger partial charge in [0.25, 0.3) is 0 Å². The predicted octanol–water partition coefficient (Wildman–Crippen LogP) is 5.31. The molecule has 0 atom stereocenters. The molecule has 2 aromatic rings. The minimum Gasteiger partial charge on any atom is -0.494 e. The lowest BCUT2D eigenvalue weighted by Gasteiger charge is -2.28. The van der Waals surface area contributed by atoms with E-state index in [9.17, 15) is 4.79 Å². The number of anilines is 1. The molecule has 2 aliphatic rings. The number of hydrogen-bond donors (Lipinski definition) is 1. The summed E-state index contributed by atoms with van der Waals surface area (Å²) in [5.41, 5.74) is 2.80. The van der Waals surface area contributed by atoms with Crippen molar-refractivity contribution in [3.63, 3.8) is 0 Å². The van der Waals surface area contributed by atoms with E-state index in [4.69, 9.17) is 4.74 Å². The Morgan fingerprint density at radius 2 is 1.63 bits per heavy atom. The van der Waals surface area contributed by atoms with Crippen LogP contribution in [0.5, 0.6) is 5.75 Å². The van der Waals surface area contributed by atoms with E-state index in [0.29, 0.717) is 0 Å². The van der Waals surface area contributed by atoms with Gasteiger partial charge >= 0.3 is 0 Å². The van der Waals surface area contributed by atoms with Gasteiger partial charge in [0.1, 0.15) is 5.75 Å². The van der Waals surface area contributed by atoms with Gasteiger partial charge in [0.05, 0.1) is 12.0 Å². The third kappa shape index (κ3) is 4.86. The zero-order valence-corrected chi connectivity index (χ0v) is 18.2. The molecular formula is C26H34N2O2. The number of likely N-dealkylation sites (tertiary alicyclic amines) is 1. The summed E-state index contributed by atoms with van der Waals surface area (Å²) in [7, 11) is 0. The molecular weight excluding hydrogens is 372 g/mol. The highest BCUT2D eigenvalue weighted by atomic mass is 16.5. The molecule has 0 bridgehead atoms. The second-order valence-electron chi connectivity index (χ2n) is 8.88. The van der Waals surface area contributed by atoms with Crippen molar-refractivity contribution in [2.75, 3.05) is 31.6 Å². The van der Waals surface area contributed by atoms with Crippen molar-refractivity contribution in [3.05, 3.63) is 59.7 Å². The Bertz CT molecular complexity index is 817. The van der Waals surface area contributed by atoms with Crippen molar-refractivity contribution < 1.29 is 9.53 Å². The molecule has 4 rings (SSSR count). The molecule has 0 aromatic heterocycles. The van der Waals surface area contributed by atoms with E-state index in [2.05, 4.69) is 41.4 Å². The van der Waals surface area contributed by atoms with E-state index in [1.54, 1.807) is 0 Å². The Hall–Kier alpha value is -2.33. The molecule has 4 heteroatoms. The van der Waals surface area contributed by atoms with Gasteiger partial charge in [-0.2, -0.15) is 0 Å². The largest absolute Gasteiger partial charge is 0.494 e. The Labute approximate surface area is 180 Å². The number of benzene rings is 2. The standard InChI is InChI=1S/C26H34N2O2/c1-21-7-9-22(10-8-21)26(15-2-3-16-26)25(29)27-23-11-13-24(14-12-23)30-20-6-19-28-17-4-5-18-28/h7-14H,2-6,15-20H2,1H3,(H,27,29). The van der Waals surface area contributed by atoms with Crippen LogP contribution in [0.2, 0.25) is 0 Å². The van der Waals surface area contributed by atoms with E-state index in [0.717, 1.165) is 62.3 Å². The summed E-state index contributed by atoms with van der Waals surface area (Å²) in [5.74, 6) is 0.978. The van der Waals surface area contributed by atoms with Crippen LogP contribution < -0.4 is 10.1 Å². The minimum atomic E-state index is -0.404. The number of ether oxygens (including phenoxy) is 1. The van der Waals surface area contributed by atoms with E-state index in [1.165, 1.54) is 31.5 Å². The van der Waals surface area contributed by atoms with Crippen LogP contribution in [0, 0.1) is 6.92 Å². The van der Waals surface area contributed by atoms with Crippen molar-refractivity contribution >= 4 is 11.6 Å². The smallest absolute Gasteiger partial charge is 0.235 e. The summed E-state index contributed by atoms with van der Waals surface area (Å²) >= 11 is 0. The first-order valence-electron chi connectivity index (χ1n) is 11.5. The van der Waals surface area contributed by atoms with Crippen molar-refractivity contribution in [2.24, 2.45) is 0 Å². The Morgan fingerprint density at radius 1 is 0.967 bits per heavy atom. The molecule has 1 aliphatic heterocycles. The first-order chi connectivity index (χ1) is 14.7.